The summed E-state index contributed by atoms with van der Waals surface area (Å²) in [5, 5.41) is 19.6. The highest BCUT2D eigenvalue weighted by Gasteiger charge is 2.37. The largest absolute Gasteiger partial charge is 0.481 e. The molecule has 0 aliphatic carbocycles. The molecule has 0 spiro atoms. The Labute approximate surface area is 277 Å². The molecule has 256 valence electrons. The molecule has 6 rings (SSSR count). The van der Waals surface area contributed by atoms with E-state index in [0.717, 1.165) is 17.2 Å². The van der Waals surface area contributed by atoms with Gasteiger partial charge in [-0.2, -0.15) is 13.2 Å². The number of benzene rings is 2. The molecule has 3 N–H and O–H groups in total. The first-order chi connectivity index (χ1) is 23.2. The Kier molecular flexibility index (Phi) is 9.75. The van der Waals surface area contributed by atoms with Gasteiger partial charge in [0.2, 0.25) is 5.88 Å². The number of carbonyl (C=O) groups is 2. The van der Waals surface area contributed by atoms with Crippen LogP contribution in [0.2, 0.25) is 0 Å². The van der Waals surface area contributed by atoms with Crippen LogP contribution in [0.5, 0.6) is 5.88 Å². The molecule has 0 saturated carbocycles. The molecule has 1 aliphatic rings. The van der Waals surface area contributed by atoms with Crippen molar-refractivity contribution in [3.63, 3.8) is 0 Å². The minimum Gasteiger partial charge on any atom is -0.481 e. The first-order valence-corrected chi connectivity index (χ1v) is 15.0. The molecule has 49 heavy (non-hydrogen) atoms. The molecular formula is C34H33F3N6O6. The van der Waals surface area contributed by atoms with Gasteiger partial charge < -0.3 is 25.2 Å². The van der Waals surface area contributed by atoms with Gasteiger partial charge in [-0.3, -0.25) is 14.1 Å². The molecule has 1 saturated heterocycles. The smallest absolute Gasteiger partial charge is 0.418 e. The molecule has 3 aromatic heterocycles. The van der Waals surface area contributed by atoms with Crippen LogP contribution in [0.3, 0.4) is 0 Å². The van der Waals surface area contributed by atoms with E-state index in [0.29, 0.717) is 53.1 Å². The van der Waals surface area contributed by atoms with E-state index in [1.54, 1.807) is 36.5 Å². The fourth-order valence-electron chi connectivity index (χ4n) is 5.92. The van der Waals surface area contributed by atoms with Crippen molar-refractivity contribution in [1.82, 2.24) is 24.4 Å². The average molecular weight is 679 g/mol. The number of fused-ring (bicyclic) bond motifs is 3. The minimum atomic E-state index is -4.62. The van der Waals surface area contributed by atoms with Gasteiger partial charge in [0.25, 0.3) is 0 Å². The zero-order chi connectivity index (χ0) is 35.6. The van der Waals surface area contributed by atoms with E-state index in [4.69, 9.17) is 14.9 Å². The summed E-state index contributed by atoms with van der Waals surface area (Å²) in [6.07, 6.45) is -0.246. The third-order valence-electron chi connectivity index (χ3n) is 7.97. The Bertz CT molecular complexity index is 2100. The van der Waals surface area contributed by atoms with Gasteiger partial charge in [0.1, 0.15) is 0 Å². The number of piperazine rings is 1. The normalized spacial score (nSPS) is 16.5. The number of carboxylic acids is 2. The minimum absolute atomic E-state index is 0.0363. The van der Waals surface area contributed by atoms with Gasteiger partial charge in [0, 0.05) is 73.3 Å². The summed E-state index contributed by atoms with van der Waals surface area (Å²) in [5.41, 5.74) is 2.24. The Hall–Kier alpha value is -5.70. The molecule has 15 heteroatoms. The number of nitrogens with one attached hydrogen (secondary N) is 1. The number of imidazole rings is 1. The summed E-state index contributed by atoms with van der Waals surface area (Å²) in [5.74, 6) is -2.04. The Morgan fingerprint density at radius 2 is 1.59 bits per heavy atom. The Balaban J connectivity index is 0.000000523. The first-order valence-electron chi connectivity index (χ1n) is 15.0. The number of aromatic nitrogens is 4. The predicted molar refractivity (Wildman–Crippen MR) is 177 cm³/mol. The molecule has 2 atom stereocenters. The van der Waals surface area contributed by atoms with Crippen molar-refractivity contribution in [2.75, 3.05) is 25.1 Å². The van der Waals surface area contributed by atoms with Crippen LogP contribution in [0.4, 0.5) is 18.9 Å². The maximum absolute atomic E-state index is 14.5. The molecule has 2 aromatic carbocycles. The van der Waals surface area contributed by atoms with Gasteiger partial charge in [0.15, 0.2) is 0 Å². The first kappa shape index (κ1) is 34.6. The molecular weight excluding hydrogens is 645 g/mol. The lowest BCUT2D eigenvalue weighted by atomic mass is 10.0. The second kappa shape index (κ2) is 13.8. The van der Waals surface area contributed by atoms with Crippen LogP contribution in [-0.2, 0) is 22.8 Å². The predicted octanol–water partition coefficient (Wildman–Crippen LogP) is 4.87. The summed E-state index contributed by atoms with van der Waals surface area (Å²) < 4.78 is 51.4. The molecule has 1 fully saturated rings. The molecule has 0 unspecified atom stereocenters. The van der Waals surface area contributed by atoms with Crippen molar-refractivity contribution in [1.29, 1.82) is 0 Å². The quantitative estimate of drug-likeness (QED) is 0.212. The lowest BCUT2D eigenvalue weighted by molar-refractivity contribution is -0.137. The number of alkyl halides is 3. The van der Waals surface area contributed by atoms with Gasteiger partial charge >= 0.3 is 23.8 Å². The van der Waals surface area contributed by atoms with E-state index in [2.05, 4.69) is 15.3 Å². The number of carboxylic acid groups (broad SMARTS) is 2. The highest BCUT2D eigenvalue weighted by molar-refractivity contribution is 6.04. The number of hydrogen-bond donors (Lipinski definition) is 3. The summed E-state index contributed by atoms with van der Waals surface area (Å²) in [6, 6.07) is 13.4. The van der Waals surface area contributed by atoms with Crippen molar-refractivity contribution in [2.24, 2.45) is 7.05 Å². The zero-order valence-corrected chi connectivity index (χ0v) is 26.9. The van der Waals surface area contributed by atoms with Crippen molar-refractivity contribution >= 4 is 39.6 Å². The lowest BCUT2D eigenvalue weighted by Gasteiger charge is -2.38. The van der Waals surface area contributed by atoms with Gasteiger partial charge in [-0.1, -0.05) is 6.07 Å². The summed E-state index contributed by atoms with van der Waals surface area (Å²) in [4.78, 5) is 43.2. The standard InChI is InChI=1S/C30H29F3N6O2.C4H4O4/c1-17-15-38(16-18(2)36-17)25-9-7-21(12-23(25)30(31,32)33)39-28-22-11-19(20-6-10-27(41-4)35-13-20)5-8-24(22)34-14-26(28)37(3)29(39)40;5-3(6)1-2-4(7)8/h5-14,17-18,36H,15-16H2,1-4H3;1-2H,(H,5,6)(H,7,8)/t17-,18+;. The van der Waals surface area contributed by atoms with Gasteiger partial charge in [-0.15, -0.1) is 0 Å². The highest BCUT2D eigenvalue weighted by atomic mass is 19.4. The van der Waals surface area contributed by atoms with Crippen molar-refractivity contribution < 1.29 is 37.7 Å². The van der Waals surface area contributed by atoms with E-state index in [9.17, 15) is 27.6 Å². The number of hydrogen-bond acceptors (Lipinski definition) is 8. The third kappa shape index (κ3) is 7.41. The van der Waals surface area contributed by atoms with Gasteiger partial charge in [0.05, 0.1) is 41.1 Å². The van der Waals surface area contributed by atoms with Crippen molar-refractivity contribution in [3.05, 3.63) is 89.1 Å². The highest BCUT2D eigenvalue weighted by Crippen LogP contribution is 2.39. The van der Waals surface area contributed by atoms with Gasteiger partial charge in [-0.25, -0.2) is 19.4 Å². The lowest BCUT2D eigenvalue weighted by Crippen LogP contribution is -2.54. The van der Waals surface area contributed by atoms with E-state index in [1.807, 2.05) is 38.1 Å². The second-order valence-electron chi connectivity index (χ2n) is 11.6. The number of pyridine rings is 2. The molecule has 4 heterocycles. The van der Waals surface area contributed by atoms with Gasteiger partial charge in [-0.05, 0) is 55.8 Å². The van der Waals surface area contributed by atoms with Crippen molar-refractivity contribution in [2.45, 2.75) is 32.1 Å². The van der Waals surface area contributed by atoms with Crippen LogP contribution in [0.25, 0.3) is 38.8 Å². The van der Waals surface area contributed by atoms with E-state index in [1.165, 1.54) is 22.3 Å². The molecule has 0 bridgehead atoms. The maximum atomic E-state index is 14.5. The summed E-state index contributed by atoms with van der Waals surface area (Å²) in [7, 11) is 3.13. The fraction of sp³-hybridized carbons (Fsp3) is 0.265. The van der Waals surface area contributed by atoms with Crippen LogP contribution in [0, 0.1) is 0 Å². The number of methoxy groups -OCH3 is 1. The molecule has 5 aromatic rings. The number of nitrogens with zero attached hydrogens (tertiary/aromatic N) is 5. The molecule has 12 nitrogen and oxygen atoms in total. The number of aryl methyl sites for hydroxylation is 1. The van der Waals surface area contributed by atoms with E-state index in [-0.39, 0.29) is 23.5 Å². The summed E-state index contributed by atoms with van der Waals surface area (Å²) >= 11 is 0. The van der Waals surface area contributed by atoms with Crippen LogP contribution < -0.4 is 20.6 Å². The number of anilines is 1. The number of ether oxygens (including phenoxy) is 1. The zero-order valence-electron chi connectivity index (χ0n) is 26.9. The molecule has 0 radical (unpaired) electrons. The third-order valence-corrected chi connectivity index (χ3v) is 7.97. The fourth-order valence-corrected chi connectivity index (χ4v) is 5.92. The van der Waals surface area contributed by atoms with Crippen LogP contribution in [0.15, 0.2) is 77.9 Å². The van der Waals surface area contributed by atoms with Crippen LogP contribution in [0.1, 0.15) is 19.4 Å². The number of rotatable bonds is 6. The Morgan fingerprint density at radius 3 is 2.16 bits per heavy atom. The topological polar surface area (TPSA) is 152 Å². The average Bonchev–Trinajstić information content (AvgIpc) is 3.32. The van der Waals surface area contributed by atoms with Crippen molar-refractivity contribution in [3.8, 4) is 22.7 Å². The number of aliphatic carboxylic acids is 2. The van der Waals surface area contributed by atoms with E-state index >= 15 is 0 Å². The maximum Gasteiger partial charge on any atom is 0.418 e. The van der Waals surface area contributed by atoms with Crippen LogP contribution >= 0.6 is 0 Å². The second-order valence-corrected chi connectivity index (χ2v) is 11.6. The monoisotopic (exact) mass is 678 g/mol. The van der Waals surface area contributed by atoms with E-state index < -0.39 is 29.4 Å². The summed E-state index contributed by atoms with van der Waals surface area (Å²) in [6.45, 7) is 4.80. The molecule has 0 amide bonds. The molecule has 1 aliphatic heterocycles. The SMILES string of the molecule is COc1ccc(-c2ccc3ncc4c(c3c2)n(-c2ccc(N3C[C@@H](C)N[C@@H](C)C3)c(C(F)(F)F)c2)c(=O)n4C)cn1.O=C(O)C=CC(=O)O. The Morgan fingerprint density at radius 1 is 0.939 bits per heavy atom. The number of halogens is 3. The van der Waals surface area contributed by atoms with Crippen LogP contribution in [-0.4, -0.2) is 73.5 Å².